The maximum Gasteiger partial charge on any atom is 0.124 e. The standard InChI is InChI=1S/C9H11NO2/c1-4-10-5-2-8(1)12-9-3-6-11-7-9/h1-2,4-5,9H,3,6-7H2/t9-/m1/s1. The van der Waals surface area contributed by atoms with Crippen molar-refractivity contribution in [1.82, 2.24) is 4.98 Å². The maximum absolute atomic E-state index is 5.61. The van der Waals surface area contributed by atoms with Crippen molar-refractivity contribution in [2.24, 2.45) is 0 Å². The SMILES string of the molecule is c1cc(O[C@@H]2CCOC2)ccn1. The number of aromatic nitrogens is 1. The molecule has 0 spiro atoms. The molecule has 3 nitrogen and oxygen atoms in total. The Bertz CT molecular complexity index is 232. The second-order valence-corrected chi connectivity index (χ2v) is 2.79. The summed E-state index contributed by atoms with van der Waals surface area (Å²) < 4.78 is 10.8. The van der Waals surface area contributed by atoms with Crippen LogP contribution in [-0.2, 0) is 4.74 Å². The van der Waals surface area contributed by atoms with Crippen LogP contribution in [0, 0.1) is 0 Å². The Morgan fingerprint density at radius 2 is 2.25 bits per heavy atom. The first kappa shape index (κ1) is 7.55. The fraction of sp³-hybridized carbons (Fsp3) is 0.444. The molecule has 0 saturated carbocycles. The van der Waals surface area contributed by atoms with Crippen LogP contribution in [0.3, 0.4) is 0 Å². The minimum Gasteiger partial charge on any atom is -0.488 e. The minimum atomic E-state index is 0.229. The topological polar surface area (TPSA) is 31.4 Å². The van der Waals surface area contributed by atoms with Crippen molar-refractivity contribution in [3.8, 4) is 5.75 Å². The summed E-state index contributed by atoms with van der Waals surface area (Å²) in [6.45, 7) is 1.53. The van der Waals surface area contributed by atoms with Crippen LogP contribution in [0.4, 0.5) is 0 Å². The van der Waals surface area contributed by atoms with Crippen LogP contribution in [0.25, 0.3) is 0 Å². The van der Waals surface area contributed by atoms with Crippen molar-refractivity contribution in [3.05, 3.63) is 24.5 Å². The molecule has 1 aromatic rings. The fourth-order valence-corrected chi connectivity index (χ4v) is 1.22. The van der Waals surface area contributed by atoms with E-state index in [2.05, 4.69) is 4.98 Å². The monoisotopic (exact) mass is 165 g/mol. The van der Waals surface area contributed by atoms with Gasteiger partial charge in [0.15, 0.2) is 0 Å². The smallest absolute Gasteiger partial charge is 0.124 e. The van der Waals surface area contributed by atoms with Gasteiger partial charge in [-0.1, -0.05) is 0 Å². The third-order valence-electron chi connectivity index (χ3n) is 1.84. The van der Waals surface area contributed by atoms with Gasteiger partial charge >= 0.3 is 0 Å². The molecular formula is C9H11NO2. The molecule has 0 N–H and O–H groups in total. The predicted octanol–water partition coefficient (Wildman–Crippen LogP) is 1.25. The van der Waals surface area contributed by atoms with Crippen LogP contribution in [0.15, 0.2) is 24.5 Å². The van der Waals surface area contributed by atoms with E-state index in [9.17, 15) is 0 Å². The minimum absolute atomic E-state index is 0.229. The first-order valence-corrected chi connectivity index (χ1v) is 4.09. The second-order valence-electron chi connectivity index (χ2n) is 2.79. The lowest BCUT2D eigenvalue weighted by Crippen LogP contribution is -2.15. The van der Waals surface area contributed by atoms with Crippen LogP contribution < -0.4 is 4.74 Å². The van der Waals surface area contributed by atoms with Gasteiger partial charge < -0.3 is 9.47 Å². The molecule has 64 valence electrons. The molecule has 1 aromatic heterocycles. The largest absolute Gasteiger partial charge is 0.488 e. The molecule has 1 aliphatic rings. The summed E-state index contributed by atoms with van der Waals surface area (Å²) in [6.07, 6.45) is 4.67. The Kier molecular flexibility index (Phi) is 2.23. The molecule has 2 heterocycles. The van der Waals surface area contributed by atoms with E-state index in [4.69, 9.17) is 9.47 Å². The molecule has 1 saturated heterocycles. The van der Waals surface area contributed by atoms with Crippen molar-refractivity contribution in [2.45, 2.75) is 12.5 Å². The molecule has 0 bridgehead atoms. The second kappa shape index (κ2) is 3.54. The zero-order chi connectivity index (χ0) is 8.23. The summed E-state index contributed by atoms with van der Waals surface area (Å²) in [5, 5.41) is 0. The highest BCUT2D eigenvalue weighted by Crippen LogP contribution is 2.14. The van der Waals surface area contributed by atoms with Crippen molar-refractivity contribution in [2.75, 3.05) is 13.2 Å². The number of rotatable bonds is 2. The lowest BCUT2D eigenvalue weighted by molar-refractivity contribution is 0.141. The van der Waals surface area contributed by atoms with E-state index in [1.54, 1.807) is 12.4 Å². The molecule has 1 atom stereocenters. The summed E-state index contributed by atoms with van der Waals surface area (Å²) in [5.41, 5.74) is 0. The zero-order valence-electron chi connectivity index (χ0n) is 6.77. The molecule has 3 heteroatoms. The van der Waals surface area contributed by atoms with E-state index in [1.807, 2.05) is 12.1 Å². The average Bonchev–Trinajstić information content (AvgIpc) is 2.59. The van der Waals surface area contributed by atoms with Gasteiger partial charge in [0.1, 0.15) is 11.9 Å². The Morgan fingerprint density at radius 3 is 2.92 bits per heavy atom. The maximum atomic E-state index is 5.61. The van der Waals surface area contributed by atoms with Gasteiger partial charge in [-0.3, -0.25) is 4.98 Å². The van der Waals surface area contributed by atoms with Crippen LogP contribution in [-0.4, -0.2) is 24.3 Å². The third-order valence-corrected chi connectivity index (χ3v) is 1.84. The quantitative estimate of drug-likeness (QED) is 0.660. The Hall–Kier alpha value is -1.09. The molecule has 0 amide bonds. The van der Waals surface area contributed by atoms with Gasteiger partial charge in [0.25, 0.3) is 0 Å². The van der Waals surface area contributed by atoms with Gasteiger partial charge in [0, 0.05) is 18.8 Å². The third kappa shape index (κ3) is 1.74. The van der Waals surface area contributed by atoms with E-state index in [-0.39, 0.29) is 6.10 Å². The molecular weight excluding hydrogens is 154 g/mol. The molecule has 0 aromatic carbocycles. The summed E-state index contributed by atoms with van der Waals surface area (Å²) >= 11 is 0. The summed E-state index contributed by atoms with van der Waals surface area (Å²) in [7, 11) is 0. The van der Waals surface area contributed by atoms with E-state index in [0.717, 1.165) is 18.8 Å². The fourth-order valence-electron chi connectivity index (χ4n) is 1.22. The molecule has 2 rings (SSSR count). The predicted molar refractivity (Wildman–Crippen MR) is 44.1 cm³/mol. The molecule has 12 heavy (non-hydrogen) atoms. The molecule has 0 radical (unpaired) electrons. The molecule has 1 fully saturated rings. The van der Waals surface area contributed by atoms with Gasteiger partial charge in [-0.25, -0.2) is 0 Å². The molecule has 1 aliphatic heterocycles. The molecule has 0 aliphatic carbocycles. The first-order valence-electron chi connectivity index (χ1n) is 4.09. The van der Waals surface area contributed by atoms with Crippen LogP contribution in [0.1, 0.15) is 6.42 Å². The van der Waals surface area contributed by atoms with E-state index >= 15 is 0 Å². The highest BCUT2D eigenvalue weighted by atomic mass is 16.5. The lowest BCUT2D eigenvalue weighted by Gasteiger charge is -2.10. The Morgan fingerprint density at radius 1 is 1.42 bits per heavy atom. The van der Waals surface area contributed by atoms with Crippen LogP contribution >= 0.6 is 0 Å². The van der Waals surface area contributed by atoms with Crippen molar-refractivity contribution >= 4 is 0 Å². The Balaban J connectivity index is 1.94. The van der Waals surface area contributed by atoms with Crippen LogP contribution in [0.2, 0.25) is 0 Å². The normalized spacial score (nSPS) is 22.5. The van der Waals surface area contributed by atoms with E-state index in [0.29, 0.717) is 6.61 Å². The summed E-state index contributed by atoms with van der Waals surface area (Å²) in [5.74, 6) is 0.875. The van der Waals surface area contributed by atoms with Gasteiger partial charge in [0.2, 0.25) is 0 Å². The first-order chi connectivity index (χ1) is 5.95. The van der Waals surface area contributed by atoms with Gasteiger partial charge in [-0.15, -0.1) is 0 Å². The highest BCUT2D eigenvalue weighted by molar-refractivity contribution is 5.17. The van der Waals surface area contributed by atoms with E-state index < -0.39 is 0 Å². The van der Waals surface area contributed by atoms with Crippen molar-refractivity contribution < 1.29 is 9.47 Å². The van der Waals surface area contributed by atoms with Crippen molar-refractivity contribution in [3.63, 3.8) is 0 Å². The summed E-state index contributed by atoms with van der Waals surface area (Å²) in [6, 6.07) is 3.72. The van der Waals surface area contributed by atoms with Crippen molar-refractivity contribution in [1.29, 1.82) is 0 Å². The zero-order valence-corrected chi connectivity index (χ0v) is 6.77. The number of nitrogens with zero attached hydrogens (tertiary/aromatic N) is 1. The lowest BCUT2D eigenvalue weighted by atomic mass is 10.3. The Labute approximate surface area is 71.3 Å². The average molecular weight is 165 g/mol. The number of ether oxygens (including phenoxy) is 2. The van der Waals surface area contributed by atoms with Crippen LogP contribution in [0.5, 0.6) is 5.75 Å². The number of hydrogen-bond acceptors (Lipinski definition) is 3. The molecule has 0 unspecified atom stereocenters. The van der Waals surface area contributed by atoms with Gasteiger partial charge in [0.05, 0.1) is 13.2 Å². The van der Waals surface area contributed by atoms with Gasteiger partial charge in [-0.2, -0.15) is 0 Å². The summed E-state index contributed by atoms with van der Waals surface area (Å²) in [4.78, 5) is 3.91. The van der Waals surface area contributed by atoms with E-state index in [1.165, 1.54) is 0 Å². The number of hydrogen-bond donors (Lipinski definition) is 0. The van der Waals surface area contributed by atoms with Gasteiger partial charge in [-0.05, 0) is 12.1 Å². The highest BCUT2D eigenvalue weighted by Gasteiger charge is 2.16. The number of pyridine rings is 1.